The molecule has 21 heavy (non-hydrogen) atoms. The Morgan fingerprint density at radius 3 is 2.38 bits per heavy atom. The molecule has 0 atom stereocenters. The number of nitrogens with zero attached hydrogens (tertiary/aromatic N) is 1. The lowest BCUT2D eigenvalue weighted by Crippen LogP contribution is -2.38. The molecule has 0 saturated heterocycles. The lowest BCUT2D eigenvalue weighted by atomic mass is 10.1. The Hall–Kier alpha value is -1.44. The number of amides is 1. The van der Waals surface area contributed by atoms with Gasteiger partial charge in [0.2, 0.25) is 10.0 Å². The smallest absolute Gasteiger partial charge is 0.251 e. The van der Waals surface area contributed by atoms with Crippen molar-refractivity contribution in [1.82, 2.24) is 9.62 Å². The van der Waals surface area contributed by atoms with Crippen LogP contribution in [0.25, 0.3) is 0 Å². The minimum Gasteiger partial charge on any atom is -0.389 e. The van der Waals surface area contributed by atoms with E-state index in [0.29, 0.717) is 5.56 Å². The predicted octanol–water partition coefficient (Wildman–Crippen LogP) is 0.746. The number of carbonyl (C=O) groups is 1. The summed E-state index contributed by atoms with van der Waals surface area (Å²) in [6.07, 6.45) is 0. The normalized spacial score (nSPS) is 12.5. The lowest BCUT2D eigenvalue weighted by Gasteiger charge is -2.18. The number of hydrogen-bond acceptors (Lipinski definition) is 4. The highest BCUT2D eigenvalue weighted by Crippen LogP contribution is 2.19. The van der Waals surface area contributed by atoms with Gasteiger partial charge in [0.1, 0.15) is 0 Å². The van der Waals surface area contributed by atoms with Crippen LogP contribution in [-0.4, -0.2) is 50.0 Å². The molecular weight excluding hydrogens is 292 g/mol. The molecule has 0 fully saturated rings. The van der Waals surface area contributed by atoms with Gasteiger partial charge in [-0.2, -0.15) is 0 Å². The van der Waals surface area contributed by atoms with Gasteiger partial charge in [0.05, 0.1) is 10.5 Å². The van der Waals surface area contributed by atoms with Crippen molar-refractivity contribution < 1.29 is 18.3 Å². The number of benzene rings is 1. The summed E-state index contributed by atoms with van der Waals surface area (Å²) in [6, 6.07) is 4.50. The number of nitrogens with one attached hydrogen (secondary N) is 1. The van der Waals surface area contributed by atoms with Crippen molar-refractivity contribution in [3.05, 3.63) is 29.3 Å². The van der Waals surface area contributed by atoms with Gasteiger partial charge in [0.15, 0.2) is 0 Å². The highest BCUT2D eigenvalue weighted by molar-refractivity contribution is 7.89. The number of aryl methyl sites for hydroxylation is 1. The van der Waals surface area contributed by atoms with E-state index >= 15 is 0 Å². The van der Waals surface area contributed by atoms with E-state index in [9.17, 15) is 18.3 Å². The average Bonchev–Trinajstić information content (AvgIpc) is 2.35. The van der Waals surface area contributed by atoms with Crippen molar-refractivity contribution in [2.45, 2.75) is 31.3 Å². The van der Waals surface area contributed by atoms with Crippen LogP contribution in [0.15, 0.2) is 23.1 Å². The summed E-state index contributed by atoms with van der Waals surface area (Å²) in [5, 5.41) is 12.2. The van der Waals surface area contributed by atoms with E-state index < -0.39 is 21.5 Å². The van der Waals surface area contributed by atoms with Crippen molar-refractivity contribution in [3.63, 3.8) is 0 Å². The average molecular weight is 314 g/mol. The third kappa shape index (κ3) is 4.52. The molecule has 0 heterocycles. The largest absolute Gasteiger partial charge is 0.389 e. The molecule has 7 heteroatoms. The van der Waals surface area contributed by atoms with Gasteiger partial charge < -0.3 is 10.4 Å². The molecule has 6 nitrogen and oxygen atoms in total. The van der Waals surface area contributed by atoms with Crippen LogP contribution in [0.4, 0.5) is 0 Å². The Kier molecular flexibility index (Phi) is 5.14. The van der Waals surface area contributed by atoms with Crippen LogP contribution in [0.2, 0.25) is 0 Å². The van der Waals surface area contributed by atoms with Crippen molar-refractivity contribution >= 4 is 15.9 Å². The Morgan fingerprint density at radius 2 is 1.90 bits per heavy atom. The monoisotopic (exact) mass is 314 g/mol. The van der Waals surface area contributed by atoms with Crippen molar-refractivity contribution in [3.8, 4) is 0 Å². The van der Waals surface area contributed by atoms with E-state index in [0.717, 1.165) is 4.31 Å². The summed E-state index contributed by atoms with van der Waals surface area (Å²) in [5.74, 6) is -0.424. The van der Waals surface area contributed by atoms with Gasteiger partial charge >= 0.3 is 0 Å². The summed E-state index contributed by atoms with van der Waals surface area (Å²) in [7, 11) is -0.722. The van der Waals surface area contributed by atoms with Gasteiger partial charge in [-0.1, -0.05) is 6.07 Å². The Balaban J connectivity index is 3.11. The van der Waals surface area contributed by atoms with Crippen LogP contribution in [0.5, 0.6) is 0 Å². The highest BCUT2D eigenvalue weighted by Gasteiger charge is 2.22. The first-order chi connectivity index (χ1) is 9.45. The topological polar surface area (TPSA) is 86.7 Å². The zero-order chi connectivity index (χ0) is 16.4. The number of aliphatic hydroxyl groups is 1. The predicted molar refractivity (Wildman–Crippen MR) is 80.7 cm³/mol. The minimum atomic E-state index is -3.60. The van der Waals surface area contributed by atoms with Gasteiger partial charge in [-0.15, -0.1) is 0 Å². The molecule has 0 radical (unpaired) electrons. The van der Waals surface area contributed by atoms with E-state index in [2.05, 4.69) is 5.32 Å². The number of hydrogen-bond donors (Lipinski definition) is 2. The van der Waals surface area contributed by atoms with Crippen LogP contribution in [-0.2, 0) is 10.0 Å². The maximum atomic E-state index is 12.2. The van der Waals surface area contributed by atoms with Crippen LogP contribution in [0.1, 0.15) is 29.8 Å². The summed E-state index contributed by atoms with van der Waals surface area (Å²) in [6.45, 7) is 4.90. The molecule has 1 aromatic carbocycles. The lowest BCUT2D eigenvalue weighted by molar-refractivity contribution is 0.0694. The first-order valence-electron chi connectivity index (χ1n) is 6.49. The third-order valence-corrected chi connectivity index (χ3v) is 4.85. The molecule has 1 rings (SSSR count). The molecule has 0 aliphatic heterocycles. The Morgan fingerprint density at radius 1 is 1.33 bits per heavy atom. The van der Waals surface area contributed by atoms with Crippen molar-refractivity contribution in [2.75, 3.05) is 20.6 Å². The second kappa shape index (κ2) is 6.13. The molecule has 118 valence electrons. The Bertz CT molecular complexity index is 631. The first kappa shape index (κ1) is 17.6. The minimum absolute atomic E-state index is 0.0788. The van der Waals surface area contributed by atoms with Gasteiger partial charge in [0.25, 0.3) is 5.91 Å². The molecular formula is C14H22N2O4S. The second-order valence-electron chi connectivity index (χ2n) is 5.76. The summed E-state index contributed by atoms with van der Waals surface area (Å²) < 4.78 is 25.5. The van der Waals surface area contributed by atoms with Crippen molar-refractivity contribution in [1.29, 1.82) is 0 Å². The molecule has 0 aliphatic rings. The number of carbonyl (C=O) groups excluding carboxylic acids is 1. The van der Waals surface area contributed by atoms with Crippen LogP contribution < -0.4 is 5.32 Å². The number of rotatable bonds is 5. The van der Waals surface area contributed by atoms with E-state index in [1.807, 2.05) is 0 Å². The Labute approximate surface area is 125 Å². The van der Waals surface area contributed by atoms with E-state index in [1.54, 1.807) is 32.9 Å². The zero-order valence-corrected chi connectivity index (χ0v) is 13.8. The molecule has 1 amide bonds. The van der Waals surface area contributed by atoms with Gasteiger partial charge in [-0.3, -0.25) is 4.79 Å². The molecule has 0 spiro atoms. The molecule has 0 saturated carbocycles. The quantitative estimate of drug-likeness (QED) is 0.839. The zero-order valence-electron chi connectivity index (χ0n) is 13.0. The van der Waals surface area contributed by atoms with E-state index in [-0.39, 0.29) is 17.0 Å². The first-order valence-corrected chi connectivity index (χ1v) is 7.93. The fourth-order valence-electron chi connectivity index (χ4n) is 1.61. The molecule has 0 unspecified atom stereocenters. The third-order valence-electron chi connectivity index (χ3n) is 2.89. The van der Waals surface area contributed by atoms with Gasteiger partial charge in [-0.05, 0) is 38.5 Å². The van der Waals surface area contributed by atoms with Crippen LogP contribution >= 0.6 is 0 Å². The molecule has 0 aliphatic carbocycles. The van der Waals surface area contributed by atoms with E-state index in [4.69, 9.17) is 0 Å². The van der Waals surface area contributed by atoms with E-state index in [1.165, 1.54) is 20.2 Å². The summed E-state index contributed by atoms with van der Waals surface area (Å²) in [5.41, 5.74) is -0.216. The second-order valence-corrected chi connectivity index (χ2v) is 7.88. The maximum absolute atomic E-state index is 12.2. The molecule has 0 bridgehead atoms. The van der Waals surface area contributed by atoms with Crippen LogP contribution in [0.3, 0.4) is 0 Å². The fraction of sp³-hybridized carbons (Fsp3) is 0.500. The number of sulfonamides is 1. The highest BCUT2D eigenvalue weighted by atomic mass is 32.2. The molecule has 1 aromatic rings. The standard InChI is InChI=1S/C14H22N2O4S/c1-10-6-7-11(13(17)15-9-14(2,3)18)8-12(10)21(19,20)16(4)5/h6-8,18H,9H2,1-5H3,(H,15,17). The molecule has 2 N–H and O–H groups in total. The summed E-state index contributed by atoms with van der Waals surface area (Å²) in [4.78, 5) is 12.1. The van der Waals surface area contributed by atoms with Crippen molar-refractivity contribution in [2.24, 2.45) is 0 Å². The van der Waals surface area contributed by atoms with Gasteiger partial charge in [0, 0.05) is 26.2 Å². The summed E-state index contributed by atoms with van der Waals surface area (Å²) >= 11 is 0. The maximum Gasteiger partial charge on any atom is 0.251 e. The van der Waals surface area contributed by atoms with Gasteiger partial charge in [-0.25, -0.2) is 12.7 Å². The van der Waals surface area contributed by atoms with Crippen LogP contribution in [0, 0.1) is 6.92 Å². The SMILES string of the molecule is Cc1ccc(C(=O)NCC(C)(C)O)cc1S(=O)(=O)N(C)C. The fourth-order valence-corrected chi connectivity index (χ4v) is 2.76. The molecule has 0 aromatic heterocycles.